The molecule has 1 heterocycles. The average Bonchev–Trinajstić information content (AvgIpc) is 2.38. The van der Waals surface area contributed by atoms with Crippen molar-refractivity contribution >= 4 is 13.1 Å². The summed E-state index contributed by atoms with van der Waals surface area (Å²) in [5, 5.41) is 27.4. The summed E-state index contributed by atoms with van der Waals surface area (Å²) in [6, 6.07) is 2.68. The van der Waals surface area contributed by atoms with Gasteiger partial charge in [-0.15, -0.1) is 0 Å². The molecule has 0 aromatic carbocycles. The number of rotatable bonds is 8. The van der Waals surface area contributed by atoms with Crippen LogP contribution in [0.25, 0.3) is 0 Å². The number of aromatic nitrogens is 1. The van der Waals surface area contributed by atoms with Gasteiger partial charge in [0.15, 0.2) is 0 Å². The third kappa shape index (κ3) is 5.38. The van der Waals surface area contributed by atoms with Gasteiger partial charge in [0.1, 0.15) is 6.04 Å². The Morgan fingerprint density at radius 3 is 2.58 bits per heavy atom. The van der Waals surface area contributed by atoms with Crippen molar-refractivity contribution in [3.63, 3.8) is 0 Å². The lowest BCUT2D eigenvalue weighted by atomic mass is 9.66. The van der Waals surface area contributed by atoms with Crippen LogP contribution < -0.4 is 5.73 Å². The van der Waals surface area contributed by atoms with E-state index in [1.54, 1.807) is 24.5 Å². The summed E-state index contributed by atoms with van der Waals surface area (Å²) in [5.74, 6) is -1.42. The molecule has 0 saturated carbocycles. The number of hydrogen-bond acceptors (Lipinski definition) is 5. The van der Waals surface area contributed by atoms with E-state index < -0.39 is 24.9 Å². The van der Waals surface area contributed by atoms with Crippen LogP contribution >= 0.6 is 0 Å². The highest BCUT2D eigenvalue weighted by Crippen LogP contribution is 2.22. The Kier molecular flexibility index (Phi) is 6.48. The lowest BCUT2D eigenvalue weighted by molar-refractivity contribution is -0.138. The van der Waals surface area contributed by atoms with E-state index in [1.807, 2.05) is 0 Å². The van der Waals surface area contributed by atoms with Gasteiger partial charge in [-0.05, 0) is 24.5 Å². The number of carboxylic acids is 1. The number of aliphatic carboxylic acids is 1. The largest absolute Gasteiger partial charge is 0.480 e. The minimum atomic E-state index is -1.45. The van der Waals surface area contributed by atoms with Crippen molar-refractivity contribution in [1.29, 1.82) is 0 Å². The van der Waals surface area contributed by atoms with Gasteiger partial charge in [0.2, 0.25) is 0 Å². The molecular formula is C12H19BN2O4. The summed E-state index contributed by atoms with van der Waals surface area (Å²) in [6.07, 6.45) is 5.48. The molecule has 0 spiro atoms. The van der Waals surface area contributed by atoms with Gasteiger partial charge in [-0.1, -0.05) is 18.9 Å². The molecule has 1 aromatic heterocycles. The van der Waals surface area contributed by atoms with Crippen LogP contribution in [-0.2, 0) is 4.79 Å². The maximum absolute atomic E-state index is 10.5. The minimum Gasteiger partial charge on any atom is -0.480 e. The molecule has 2 unspecified atom stereocenters. The Labute approximate surface area is 112 Å². The molecule has 0 aliphatic carbocycles. The van der Waals surface area contributed by atoms with Crippen molar-refractivity contribution in [2.75, 3.05) is 0 Å². The van der Waals surface area contributed by atoms with E-state index in [4.69, 9.17) is 10.8 Å². The van der Waals surface area contributed by atoms with Gasteiger partial charge in [-0.25, -0.2) is 0 Å². The molecule has 0 saturated heterocycles. The molecular weight excluding hydrogens is 247 g/mol. The van der Waals surface area contributed by atoms with Crippen LogP contribution in [0.1, 0.15) is 37.1 Å². The van der Waals surface area contributed by atoms with Gasteiger partial charge in [0.25, 0.3) is 0 Å². The summed E-state index contributed by atoms with van der Waals surface area (Å²) >= 11 is 0. The summed E-state index contributed by atoms with van der Waals surface area (Å²) in [7, 11) is -1.45. The Bertz CT molecular complexity index is 389. The van der Waals surface area contributed by atoms with Crippen molar-refractivity contribution < 1.29 is 19.9 Å². The molecule has 1 aromatic rings. The molecule has 19 heavy (non-hydrogen) atoms. The van der Waals surface area contributed by atoms with Crippen LogP contribution in [0.4, 0.5) is 0 Å². The maximum atomic E-state index is 10.5. The van der Waals surface area contributed by atoms with Crippen LogP contribution in [0.3, 0.4) is 0 Å². The second-order valence-electron chi connectivity index (χ2n) is 4.54. The Morgan fingerprint density at radius 1 is 1.37 bits per heavy atom. The van der Waals surface area contributed by atoms with Crippen molar-refractivity contribution in [3.05, 3.63) is 30.1 Å². The first-order valence-corrected chi connectivity index (χ1v) is 6.27. The first-order valence-electron chi connectivity index (χ1n) is 6.27. The normalized spacial score (nSPS) is 13.8. The molecule has 0 aliphatic heterocycles. The third-order valence-electron chi connectivity index (χ3n) is 3.07. The molecule has 2 atom stereocenters. The smallest absolute Gasteiger partial charge is 0.459 e. The Balaban J connectivity index is 2.42. The zero-order valence-electron chi connectivity index (χ0n) is 10.6. The summed E-state index contributed by atoms with van der Waals surface area (Å²) in [5.41, 5.74) is 6.16. The van der Waals surface area contributed by atoms with Crippen LogP contribution in [-0.4, -0.2) is 39.3 Å². The molecule has 5 N–H and O–H groups in total. The van der Waals surface area contributed by atoms with Gasteiger partial charge < -0.3 is 20.9 Å². The highest BCUT2D eigenvalue weighted by atomic mass is 16.4. The Hall–Kier alpha value is -1.44. The van der Waals surface area contributed by atoms with Crippen LogP contribution in [0.2, 0.25) is 0 Å². The molecule has 6 nitrogen and oxygen atoms in total. The van der Waals surface area contributed by atoms with E-state index in [0.29, 0.717) is 25.7 Å². The zero-order valence-corrected chi connectivity index (χ0v) is 10.6. The van der Waals surface area contributed by atoms with Crippen molar-refractivity contribution in [3.8, 4) is 0 Å². The van der Waals surface area contributed by atoms with E-state index in [2.05, 4.69) is 4.98 Å². The molecule has 0 bridgehead atoms. The molecule has 104 valence electrons. The van der Waals surface area contributed by atoms with Crippen molar-refractivity contribution in [2.24, 2.45) is 5.73 Å². The monoisotopic (exact) mass is 266 g/mol. The second-order valence-corrected chi connectivity index (χ2v) is 4.54. The topological polar surface area (TPSA) is 117 Å². The Morgan fingerprint density at radius 2 is 2.05 bits per heavy atom. The number of nitrogens with two attached hydrogens (primary N) is 1. The zero-order chi connectivity index (χ0) is 14.3. The van der Waals surface area contributed by atoms with Crippen LogP contribution in [0.5, 0.6) is 0 Å². The number of hydrogen-bond donors (Lipinski definition) is 4. The van der Waals surface area contributed by atoms with Crippen molar-refractivity contribution in [1.82, 2.24) is 4.98 Å². The van der Waals surface area contributed by atoms with E-state index in [9.17, 15) is 14.8 Å². The first-order chi connectivity index (χ1) is 9.02. The first kappa shape index (κ1) is 15.6. The highest BCUT2D eigenvalue weighted by molar-refractivity contribution is 6.43. The molecule has 7 heteroatoms. The van der Waals surface area contributed by atoms with E-state index in [0.717, 1.165) is 5.56 Å². The fourth-order valence-electron chi connectivity index (χ4n) is 1.94. The minimum absolute atomic E-state index is 0.386. The molecule has 0 amide bonds. The lowest BCUT2D eigenvalue weighted by Gasteiger charge is -2.16. The number of unbranched alkanes of at least 4 members (excludes halogenated alkanes) is 1. The van der Waals surface area contributed by atoms with Crippen LogP contribution in [0.15, 0.2) is 24.5 Å². The van der Waals surface area contributed by atoms with E-state index in [1.165, 1.54) is 0 Å². The fourth-order valence-corrected chi connectivity index (χ4v) is 1.94. The number of carboxylic acid groups (broad SMARTS) is 1. The molecule has 0 aliphatic rings. The highest BCUT2D eigenvalue weighted by Gasteiger charge is 2.24. The SMILES string of the molecule is NC(CCCCC(B(O)O)c1cccnc1)C(=O)O. The van der Waals surface area contributed by atoms with Gasteiger partial charge >= 0.3 is 13.1 Å². The van der Waals surface area contributed by atoms with Crippen molar-refractivity contribution in [2.45, 2.75) is 37.5 Å². The maximum Gasteiger partial charge on any atom is 0.459 e. The molecule has 1 rings (SSSR count). The fraction of sp³-hybridized carbons (Fsp3) is 0.500. The number of pyridine rings is 1. The van der Waals surface area contributed by atoms with Gasteiger partial charge in [0.05, 0.1) is 0 Å². The summed E-state index contributed by atoms with van der Waals surface area (Å²) in [4.78, 5) is 14.5. The number of carbonyl (C=O) groups is 1. The van der Waals surface area contributed by atoms with Crippen LogP contribution in [0, 0.1) is 0 Å². The molecule has 0 radical (unpaired) electrons. The van der Waals surface area contributed by atoms with E-state index >= 15 is 0 Å². The third-order valence-corrected chi connectivity index (χ3v) is 3.07. The quantitative estimate of drug-likeness (QED) is 0.393. The van der Waals surface area contributed by atoms with Gasteiger partial charge in [-0.2, -0.15) is 0 Å². The van der Waals surface area contributed by atoms with Gasteiger partial charge in [-0.3, -0.25) is 9.78 Å². The predicted molar refractivity (Wildman–Crippen MR) is 71.2 cm³/mol. The number of nitrogens with zero attached hydrogens (tertiary/aromatic N) is 1. The standard InChI is InChI=1S/C12H19BN2O4/c14-11(12(16)17)6-2-1-5-10(13(18)19)9-4-3-7-15-8-9/h3-4,7-8,10-11,18-19H,1-2,5-6,14H2,(H,16,17). The predicted octanol–water partition coefficient (Wildman–Crippen LogP) is 0.149. The van der Waals surface area contributed by atoms with E-state index in [-0.39, 0.29) is 0 Å². The summed E-state index contributed by atoms with van der Waals surface area (Å²) < 4.78 is 0. The average molecular weight is 266 g/mol. The second kappa shape index (κ2) is 7.88. The summed E-state index contributed by atoms with van der Waals surface area (Å²) in [6.45, 7) is 0. The molecule has 0 fully saturated rings. The van der Waals surface area contributed by atoms with Gasteiger partial charge in [0, 0.05) is 18.2 Å². The lowest BCUT2D eigenvalue weighted by Crippen LogP contribution is -2.30.